The number of rotatable bonds is 7. The van der Waals surface area contributed by atoms with Crippen molar-refractivity contribution in [3.8, 4) is 5.75 Å². The van der Waals surface area contributed by atoms with Crippen molar-refractivity contribution in [1.29, 1.82) is 0 Å². The summed E-state index contributed by atoms with van der Waals surface area (Å²) in [5.41, 5.74) is 8.08. The van der Waals surface area contributed by atoms with Crippen LogP contribution in [0.4, 0.5) is 0 Å². The molecule has 5 nitrogen and oxygen atoms in total. The van der Waals surface area contributed by atoms with Crippen molar-refractivity contribution in [2.24, 2.45) is 5.73 Å². The van der Waals surface area contributed by atoms with E-state index in [1.54, 1.807) is 31.4 Å². The Balaban J connectivity index is 0.00000280. The number of Topliss-reactive ketones (excluding diaryl/α,β-unsaturated/α-hetero) is 1. The SMILES string of the molecule is COc1ccc(C(=O)CCCC(=O)N2C[C@@H](N)[C@H](c3ccccc3)C2)cc1.Cl. The maximum atomic E-state index is 12.5. The second-order valence-corrected chi connectivity index (χ2v) is 6.98. The third-order valence-corrected chi connectivity index (χ3v) is 5.15. The highest BCUT2D eigenvalue weighted by atomic mass is 35.5. The molecule has 0 radical (unpaired) electrons. The number of nitrogens with two attached hydrogens (primary N) is 1. The molecule has 0 aromatic heterocycles. The van der Waals surface area contributed by atoms with Gasteiger partial charge in [0.25, 0.3) is 0 Å². The van der Waals surface area contributed by atoms with Crippen molar-refractivity contribution in [1.82, 2.24) is 4.90 Å². The monoisotopic (exact) mass is 402 g/mol. The number of carbonyl (C=O) groups excluding carboxylic acids is 2. The van der Waals surface area contributed by atoms with Crippen molar-refractivity contribution in [2.75, 3.05) is 20.2 Å². The number of ether oxygens (including phenoxy) is 1. The molecule has 2 atom stereocenters. The first-order valence-corrected chi connectivity index (χ1v) is 9.34. The van der Waals surface area contributed by atoms with Crippen LogP contribution >= 0.6 is 12.4 Å². The molecule has 0 bridgehead atoms. The standard InChI is InChI=1S/C22H26N2O3.ClH/c1-27-18-12-10-17(11-13-18)21(25)8-5-9-22(26)24-14-19(20(23)15-24)16-6-3-2-4-7-16;/h2-4,6-7,10-13,19-20H,5,8-9,14-15,23H2,1H3;1H/t19-,20+;/m0./s1. The Kier molecular flexibility index (Phi) is 8.03. The zero-order chi connectivity index (χ0) is 19.2. The number of hydrogen-bond donors (Lipinski definition) is 1. The van der Waals surface area contributed by atoms with Crippen molar-refractivity contribution < 1.29 is 14.3 Å². The summed E-state index contributed by atoms with van der Waals surface area (Å²) in [7, 11) is 1.59. The molecule has 2 N–H and O–H groups in total. The van der Waals surface area contributed by atoms with Crippen LogP contribution in [0.3, 0.4) is 0 Å². The van der Waals surface area contributed by atoms with E-state index in [-0.39, 0.29) is 36.1 Å². The fourth-order valence-corrected chi connectivity index (χ4v) is 3.57. The Morgan fingerprint density at radius 2 is 1.71 bits per heavy atom. The van der Waals surface area contributed by atoms with Gasteiger partial charge >= 0.3 is 0 Å². The zero-order valence-electron chi connectivity index (χ0n) is 16.0. The first kappa shape index (κ1) is 21.9. The highest BCUT2D eigenvalue weighted by Gasteiger charge is 2.33. The van der Waals surface area contributed by atoms with Crippen LogP contribution in [0.5, 0.6) is 5.75 Å². The predicted molar refractivity (Wildman–Crippen MR) is 112 cm³/mol. The Morgan fingerprint density at radius 3 is 2.36 bits per heavy atom. The molecule has 1 aliphatic rings. The lowest BCUT2D eigenvalue weighted by molar-refractivity contribution is -0.130. The third kappa shape index (κ3) is 5.33. The Morgan fingerprint density at radius 1 is 1.04 bits per heavy atom. The van der Waals surface area contributed by atoms with E-state index >= 15 is 0 Å². The van der Waals surface area contributed by atoms with Gasteiger partial charge in [-0.1, -0.05) is 30.3 Å². The summed E-state index contributed by atoms with van der Waals surface area (Å²) in [6.07, 6.45) is 1.28. The van der Waals surface area contributed by atoms with Gasteiger partial charge in [0.2, 0.25) is 5.91 Å². The molecule has 0 aliphatic carbocycles. The normalized spacial score (nSPS) is 18.4. The van der Waals surface area contributed by atoms with Crippen molar-refractivity contribution in [2.45, 2.75) is 31.2 Å². The first-order valence-electron chi connectivity index (χ1n) is 9.34. The van der Waals surface area contributed by atoms with Gasteiger partial charge in [0, 0.05) is 43.5 Å². The molecule has 1 saturated heterocycles. The molecule has 0 saturated carbocycles. The fourth-order valence-electron chi connectivity index (χ4n) is 3.57. The number of ketones is 1. The Labute approximate surface area is 172 Å². The Hall–Kier alpha value is -2.37. The molecule has 28 heavy (non-hydrogen) atoms. The number of carbonyl (C=O) groups is 2. The van der Waals surface area contributed by atoms with E-state index in [0.717, 1.165) is 5.75 Å². The molecule has 6 heteroatoms. The quantitative estimate of drug-likeness (QED) is 0.720. The van der Waals surface area contributed by atoms with E-state index in [4.69, 9.17) is 10.5 Å². The third-order valence-electron chi connectivity index (χ3n) is 5.15. The predicted octanol–water partition coefficient (Wildman–Crippen LogP) is 3.42. The second-order valence-electron chi connectivity index (χ2n) is 6.98. The van der Waals surface area contributed by atoms with Crippen molar-refractivity contribution >= 4 is 24.1 Å². The summed E-state index contributed by atoms with van der Waals surface area (Å²) < 4.78 is 5.10. The topological polar surface area (TPSA) is 72.6 Å². The van der Waals surface area contributed by atoms with Crippen LogP contribution in [-0.2, 0) is 4.79 Å². The van der Waals surface area contributed by atoms with E-state index in [1.165, 1.54) is 5.56 Å². The van der Waals surface area contributed by atoms with Gasteiger partial charge in [-0.25, -0.2) is 0 Å². The summed E-state index contributed by atoms with van der Waals surface area (Å²) in [6.45, 7) is 1.22. The molecule has 1 amide bonds. The van der Waals surface area contributed by atoms with E-state index in [9.17, 15) is 9.59 Å². The molecule has 1 aliphatic heterocycles. The lowest BCUT2D eigenvalue weighted by Gasteiger charge is -2.16. The van der Waals surface area contributed by atoms with Gasteiger partial charge in [-0.2, -0.15) is 0 Å². The summed E-state index contributed by atoms with van der Waals surface area (Å²) in [4.78, 5) is 26.6. The van der Waals surface area contributed by atoms with Crippen LogP contribution in [0.1, 0.15) is 41.1 Å². The van der Waals surface area contributed by atoms with Gasteiger partial charge in [0.1, 0.15) is 5.75 Å². The maximum Gasteiger partial charge on any atom is 0.222 e. The molecule has 0 spiro atoms. The molecular weight excluding hydrogens is 376 g/mol. The Bertz CT molecular complexity index is 780. The van der Waals surface area contributed by atoms with Crippen LogP contribution < -0.4 is 10.5 Å². The van der Waals surface area contributed by atoms with Gasteiger partial charge in [0.15, 0.2) is 5.78 Å². The molecule has 0 unspecified atom stereocenters. The second kappa shape index (κ2) is 10.2. The highest BCUT2D eigenvalue weighted by molar-refractivity contribution is 5.96. The fraction of sp³-hybridized carbons (Fsp3) is 0.364. The van der Waals surface area contributed by atoms with E-state index in [0.29, 0.717) is 37.9 Å². The van der Waals surface area contributed by atoms with E-state index in [1.807, 2.05) is 23.1 Å². The van der Waals surface area contributed by atoms with Gasteiger partial charge in [-0.15, -0.1) is 12.4 Å². The molecular formula is C22H27ClN2O3. The molecule has 2 aromatic rings. The maximum absolute atomic E-state index is 12.5. The number of likely N-dealkylation sites (tertiary alicyclic amines) is 1. The molecule has 150 valence electrons. The number of nitrogens with zero attached hydrogens (tertiary/aromatic N) is 1. The molecule has 1 fully saturated rings. The number of halogens is 1. The molecule has 3 rings (SSSR count). The first-order chi connectivity index (χ1) is 13.1. The number of amides is 1. The average molecular weight is 403 g/mol. The lowest BCUT2D eigenvalue weighted by atomic mass is 9.95. The minimum atomic E-state index is -0.0442. The smallest absolute Gasteiger partial charge is 0.222 e. The summed E-state index contributed by atoms with van der Waals surface area (Å²) in [5, 5.41) is 0. The minimum Gasteiger partial charge on any atom is -0.497 e. The highest BCUT2D eigenvalue weighted by Crippen LogP contribution is 2.27. The van der Waals surface area contributed by atoms with Gasteiger partial charge < -0.3 is 15.4 Å². The van der Waals surface area contributed by atoms with Crippen LogP contribution in [-0.4, -0.2) is 42.8 Å². The minimum absolute atomic E-state index is 0. The van der Waals surface area contributed by atoms with Crippen molar-refractivity contribution in [3.05, 3.63) is 65.7 Å². The number of methoxy groups -OCH3 is 1. The van der Waals surface area contributed by atoms with Crippen molar-refractivity contribution in [3.63, 3.8) is 0 Å². The molecule has 2 aromatic carbocycles. The molecule has 1 heterocycles. The van der Waals surface area contributed by atoms with Crippen LogP contribution in [0.25, 0.3) is 0 Å². The zero-order valence-corrected chi connectivity index (χ0v) is 16.9. The van der Waals surface area contributed by atoms with Crippen LogP contribution in [0.15, 0.2) is 54.6 Å². The largest absolute Gasteiger partial charge is 0.497 e. The summed E-state index contributed by atoms with van der Waals surface area (Å²) in [6, 6.07) is 17.1. The van der Waals surface area contributed by atoms with Crippen LogP contribution in [0, 0.1) is 0 Å². The van der Waals surface area contributed by atoms with E-state index in [2.05, 4.69) is 12.1 Å². The van der Waals surface area contributed by atoms with Gasteiger partial charge in [-0.05, 0) is 36.2 Å². The van der Waals surface area contributed by atoms with E-state index < -0.39 is 0 Å². The van der Waals surface area contributed by atoms with Gasteiger partial charge in [-0.3, -0.25) is 9.59 Å². The summed E-state index contributed by atoms with van der Waals surface area (Å²) >= 11 is 0. The lowest BCUT2D eigenvalue weighted by Crippen LogP contribution is -2.32. The number of hydrogen-bond acceptors (Lipinski definition) is 4. The average Bonchev–Trinajstić information content (AvgIpc) is 3.10. The van der Waals surface area contributed by atoms with Crippen LogP contribution in [0.2, 0.25) is 0 Å². The number of benzene rings is 2. The summed E-state index contributed by atoms with van der Waals surface area (Å²) in [5.74, 6) is 1.02. The van der Waals surface area contributed by atoms with Gasteiger partial charge in [0.05, 0.1) is 7.11 Å².